The Labute approximate surface area is 64.6 Å². The molecule has 0 spiro atoms. The molecule has 0 rings (SSSR count). The monoisotopic (exact) mass is 110 g/mol. The molecule has 7 heavy (non-hydrogen) atoms. The van der Waals surface area contributed by atoms with E-state index in [1.165, 1.54) is 0 Å². The van der Waals surface area contributed by atoms with Gasteiger partial charge in [0.15, 0.2) is 0 Å². The molecule has 0 aromatic rings. The minimum absolute atomic E-state index is 0. The van der Waals surface area contributed by atoms with E-state index in [4.69, 9.17) is 0 Å². The predicted molar refractivity (Wildman–Crippen MR) is 28.4 cm³/mol. The van der Waals surface area contributed by atoms with Crippen LogP contribution < -0.4 is 0 Å². The average Bonchev–Trinajstić information content (AvgIpc) is 1.65. The third-order valence-corrected chi connectivity index (χ3v) is 0.429. The Kier molecular flexibility index (Phi) is 9.37. The van der Waals surface area contributed by atoms with Gasteiger partial charge in [0.25, 0.3) is 0 Å². The maximum atomic E-state index is 9.50. The van der Waals surface area contributed by atoms with Gasteiger partial charge >= 0.3 is 29.6 Å². The zero-order valence-electron chi connectivity index (χ0n) is 3.55. The molecule has 0 aliphatic heterocycles. The third-order valence-electron chi connectivity index (χ3n) is 0.429. The summed E-state index contributed by atoms with van der Waals surface area (Å²) in [6, 6.07) is 0. The van der Waals surface area contributed by atoms with E-state index < -0.39 is 5.92 Å². The van der Waals surface area contributed by atoms with Gasteiger partial charge in [-0.05, 0) is 6.92 Å². The first-order valence-electron chi connectivity index (χ1n) is 1.72. The molecule has 0 aromatic heterocycles. The number of rotatable bonds is 2. The molecule has 0 radical (unpaired) electrons. The summed E-state index contributed by atoms with van der Waals surface area (Å²) in [4.78, 5) is 19.0. The van der Waals surface area contributed by atoms with Crippen LogP contribution in [0, 0.1) is 5.92 Å². The second kappa shape index (κ2) is 6.34. The van der Waals surface area contributed by atoms with Crippen molar-refractivity contribution < 1.29 is 9.59 Å². The molecule has 0 unspecified atom stereocenters. The van der Waals surface area contributed by atoms with Gasteiger partial charge in [-0.25, -0.2) is 0 Å². The second-order valence-corrected chi connectivity index (χ2v) is 1.13. The molecule has 0 amide bonds. The normalized spacial score (nSPS) is 7.14. The fourth-order valence-corrected chi connectivity index (χ4v) is 0.0321. The molecule has 0 N–H and O–H groups in total. The molecular formula is C4H7NaO2. The molecule has 0 aliphatic rings. The molecule has 0 atom stereocenters. The van der Waals surface area contributed by atoms with Crippen LogP contribution in [-0.4, -0.2) is 42.1 Å². The number of hydrogen-bond acceptors (Lipinski definition) is 2. The molecule has 36 valence electrons. The van der Waals surface area contributed by atoms with Gasteiger partial charge < -0.3 is 9.59 Å². The van der Waals surface area contributed by atoms with Crippen LogP contribution in [0.15, 0.2) is 0 Å². The number of aldehydes is 2. The Morgan fingerprint density at radius 1 is 1.29 bits per heavy atom. The standard InChI is InChI=1S/C4H6O2.Na.H/c1-4(2-5)3-6;;/h2-4H,1H3;;. The van der Waals surface area contributed by atoms with Gasteiger partial charge in [-0.2, -0.15) is 0 Å². The molecule has 0 aliphatic carbocycles. The van der Waals surface area contributed by atoms with Crippen molar-refractivity contribution in [1.82, 2.24) is 0 Å². The third kappa shape index (κ3) is 6.34. The SMILES string of the molecule is CC(C=O)C=O.[NaH]. The zero-order chi connectivity index (χ0) is 4.99. The van der Waals surface area contributed by atoms with Crippen molar-refractivity contribution >= 4 is 42.1 Å². The Bertz CT molecular complexity index is 54.7. The summed E-state index contributed by atoms with van der Waals surface area (Å²) >= 11 is 0. The van der Waals surface area contributed by atoms with Gasteiger partial charge in [-0.1, -0.05) is 0 Å². The number of carbonyl (C=O) groups is 2. The molecular weight excluding hydrogens is 103 g/mol. The van der Waals surface area contributed by atoms with Crippen molar-refractivity contribution in [2.24, 2.45) is 5.92 Å². The van der Waals surface area contributed by atoms with E-state index in [0.717, 1.165) is 0 Å². The fourth-order valence-electron chi connectivity index (χ4n) is 0.0321. The Balaban J connectivity index is 0. The molecule has 0 saturated carbocycles. The quantitative estimate of drug-likeness (QED) is 0.269. The predicted octanol–water partition coefficient (Wildman–Crippen LogP) is -0.628. The van der Waals surface area contributed by atoms with Crippen molar-refractivity contribution in [3.05, 3.63) is 0 Å². The van der Waals surface area contributed by atoms with Crippen LogP contribution in [0.25, 0.3) is 0 Å². The molecule has 2 nitrogen and oxygen atoms in total. The maximum absolute atomic E-state index is 9.50. The summed E-state index contributed by atoms with van der Waals surface area (Å²) < 4.78 is 0. The van der Waals surface area contributed by atoms with Crippen LogP contribution >= 0.6 is 0 Å². The van der Waals surface area contributed by atoms with Crippen molar-refractivity contribution in [3.8, 4) is 0 Å². The second-order valence-electron chi connectivity index (χ2n) is 1.13. The Hall–Kier alpha value is 0.340. The van der Waals surface area contributed by atoms with E-state index in [0.29, 0.717) is 12.6 Å². The summed E-state index contributed by atoms with van der Waals surface area (Å²) in [7, 11) is 0. The van der Waals surface area contributed by atoms with Crippen molar-refractivity contribution in [3.63, 3.8) is 0 Å². The molecule has 3 heteroatoms. The van der Waals surface area contributed by atoms with Crippen molar-refractivity contribution in [1.29, 1.82) is 0 Å². The first kappa shape index (κ1) is 10.3. The van der Waals surface area contributed by atoms with Crippen molar-refractivity contribution in [2.75, 3.05) is 0 Å². The summed E-state index contributed by atoms with van der Waals surface area (Å²) in [5.41, 5.74) is 0. The summed E-state index contributed by atoms with van der Waals surface area (Å²) in [5.74, 6) is -0.426. The van der Waals surface area contributed by atoms with Gasteiger partial charge in [0.05, 0.1) is 5.92 Å². The van der Waals surface area contributed by atoms with Crippen molar-refractivity contribution in [2.45, 2.75) is 6.92 Å². The Morgan fingerprint density at radius 2 is 1.57 bits per heavy atom. The van der Waals surface area contributed by atoms with Gasteiger partial charge in [-0.15, -0.1) is 0 Å². The van der Waals surface area contributed by atoms with Crippen LogP contribution in [0.4, 0.5) is 0 Å². The van der Waals surface area contributed by atoms with E-state index >= 15 is 0 Å². The summed E-state index contributed by atoms with van der Waals surface area (Å²) in [5, 5.41) is 0. The van der Waals surface area contributed by atoms with Gasteiger partial charge in [0, 0.05) is 0 Å². The molecule has 0 bridgehead atoms. The van der Waals surface area contributed by atoms with Gasteiger partial charge in [0.1, 0.15) is 12.6 Å². The molecule has 0 aromatic carbocycles. The van der Waals surface area contributed by atoms with E-state index in [2.05, 4.69) is 0 Å². The van der Waals surface area contributed by atoms with Gasteiger partial charge in [0.2, 0.25) is 0 Å². The molecule has 0 saturated heterocycles. The number of hydrogen-bond donors (Lipinski definition) is 0. The summed E-state index contributed by atoms with van der Waals surface area (Å²) in [6.45, 7) is 1.54. The zero-order valence-corrected chi connectivity index (χ0v) is 3.55. The van der Waals surface area contributed by atoms with E-state index in [1.807, 2.05) is 0 Å². The first-order chi connectivity index (χ1) is 2.81. The van der Waals surface area contributed by atoms with E-state index in [-0.39, 0.29) is 29.6 Å². The van der Waals surface area contributed by atoms with E-state index in [1.54, 1.807) is 6.92 Å². The van der Waals surface area contributed by atoms with Crippen LogP contribution in [0.2, 0.25) is 0 Å². The Morgan fingerprint density at radius 3 is 1.57 bits per heavy atom. The topological polar surface area (TPSA) is 34.1 Å². The fraction of sp³-hybridized carbons (Fsp3) is 0.500. The van der Waals surface area contributed by atoms with Crippen LogP contribution in [0.1, 0.15) is 6.92 Å². The molecule has 0 heterocycles. The average molecular weight is 110 g/mol. The van der Waals surface area contributed by atoms with Crippen LogP contribution in [0.3, 0.4) is 0 Å². The summed E-state index contributed by atoms with van der Waals surface area (Å²) in [6.07, 6.45) is 1.21. The van der Waals surface area contributed by atoms with E-state index in [9.17, 15) is 9.59 Å². The molecule has 0 fully saturated rings. The van der Waals surface area contributed by atoms with Gasteiger partial charge in [-0.3, -0.25) is 0 Å². The minimum atomic E-state index is -0.426. The van der Waals surface area contributed by atoms with Crippen LogP contribution in [-0.2, 0) is 9.59 Å². The van der Waals surface area contributed by atoms with Crippen LogP contribution in [0.5, 0.6) is 0 Å². The first-order valence-corrected chi connectivity index (χ1v) is 1.72. The number of carbonyl (C=O) groups excluding carboxylic acids is 2.